The predicted octanol–water partition coefficient (Wildman–Crippen LogP) is 4.12. The Morgan fingerprint density at radius 2 is 1.75 bits per heavy atom. The van der Waals surface area contributed by atoms with Crippen LogP contribution in [0.5, 0.6) is 11.5 Å². The summed E-state index contributed by atoms with van der Waals surface area (Å²) in [5, 5.41) is 10.5. The molecule has 0 bridgehead atoms. The van der Waals surface area contributed by atoms with Gasteiger partial charge in [0.25, 0.3) is 0 Å². The monoisotopic (exact) mass is 441 g/mol. The van der Waals surface area contributed by atoms with Gasteiger partial charge >= 0.3 is 0 Å². The number of ether oxygens (including phenoxy) is 2. The SMILES string of the molecule is CCN(Cc1ccncc1)Cc1ccc(OCC(O)CN(C)C2CCCCC2)c(OC)c1. The summed E-state index contributed by atoms with van der Waals surface area (Å²) in [7, 11) is 3.77. The van der Waals surface area contributed by atoms with E-state index in [0.29, 0.717) is 24.1 Å². The van der Waals surface area contributed by atoms with Gasteiger partial charge in [0.05, 0.1) is 7.11 Å². The molecule has 1 aromatic carbocycles. The number of likely N-dealkylation sites (N-methyl/N-ethyl adjacent to an activating group) is 1. The molecular formula is C26H39N3O3. The maximum atomic E-state index is 10.5. The third-order valence-electron chi connectivity index (χ3n) is 6.36. The normalized spacial score (nSPS) is 15.8. The molecule has 1 unspecified atom stereocenters. The number of benzene rings is 1. The maximum absolute atomic E-state index is 10.5. The molecule has 0 spiro atoms. The molecule has 0 aliphatic heterocycles. The molecule has 32 heavy (non-hydrogen) atoms. The van der Waals surface area contributed by atoms with E-state index < -0.39 is 6.10 Å². The molecule has 1 saturated carbocycles. The molecule has 0 saturated heterocycles. The summed E-state index contributed by atoms with van der Waals surface area (Å²) in [6, 6.07) is 10.7. The van der Waals surface area contributed by atoms with Crippen LogP contribution in [0.2, 0.25) is 0 Å². The van der Waals surface area contributed by atoms with Gasteiger partial charge in [-0.3, -0.25) is 9.88 Å². The maximum Gasteiger partial charge on any atom is 0.161 e. The standard InChI is InChI=1S/C26H39N3O3/c1-4-29(17-21-12-14-27-15-13-21)18-22-10-11-25(26(16-22)31-3)32-20-24(30)19-28(2)23-8-6-5-7-9-23/h10-16,23-24,30H,4-9,17-20H2,1-3H3. The molecular weight excluding hydrogens is 402 g/mol. The summed E-state index contributed by atoms with van der Waals surface area (Å²) in [5.74, 6) is 1.38. The van der Waals surface area contributed by atoms with Crippen molar-refractivity contribution in [2.75, 3.05) is 33.9 Å². The fourth-order valence-electron chi connectivity index (χ4n) is 4.46. The lowest BCUT2D eigenvalue weighted by atomic mass is 9.94. The summed E-state index contributed by atoms with van der Waals surface area (Å²) >= 11 is 0. The highest BCUT2D eigenvalue weighted by Crippen LogP contribution is 2.29. The fraction of sp³-hybridized carbons (Fsp3) is 0.577. The number of aliphatic hydroxyl groups excluding tert-OH is 1. The van der Waals surface area contributed by atoms with Crippen molar-refractivity contribution in [3.63, 3.8) is 0 Å². The summed E-state index contributed by atoms with van der Waals surface area (Å²) < 4.78 is 11.5. The summed E-state index contributed by atoms with van der Waals surface area (Å²) in [5.41, 5.74) is 2.42. The number of pyridine rings is 1. The number of hydrogen-bond acceptors (Lipinski definition) is 6. The van der Waals surface area contributed by atoms with Gasteiger partial charge in [0.2, 0.25) is 0 Å². The van der Waals surface area contributed by atoms with Crippen LogP contribution in [-0.2, 0) is 13.1 Å². The average molecular weight is 442 g/mol. The van der Waals surface area contributed by atoms with E-state index in [1.807, 2.05) is 24.5 Å². The Morgan fingerprint density at radius 1 is 1.03 bits per heavy atom. The van der Waals surface area contributed by atoms with Crippen LogP contribution >= 0.6 is 0 Å². The predicted molar refractivity (Wildman–Crippen MR) is 128 cm³/mol. The molecule has 1 N–H and O–H groups in total. The lowest BCUT2D eigenvalue weighted by Gasteiger charge is -2.32. The van der Waals surface area contributed by atoms with Gasteiger partial charge in [-0.15, -0.1) is 0 Å². The van der Waals surface area contributed by atoms with Crippen molar-refractivity contribution in [1.82, 2.24) is 14.8 Å². The Bertz CT molecular complexity index is 796. The third kappa shape index (κ3) is 7.47. The minimum absolute atomic E-state index is 0.260. The number of rotatable bonds is 12. The molecule has 1 aliphatic carbocycles. The molecule has 1 atom stereocenters. The van der Waals surface area contributed by atoms with Crippen molar-refractivity contribution >= 4 is 0 Å². The zero-order chi connectivity index (χ0) is 22.8. The van der Waals surface area contributed by atoms with E-state index in [1.54, 1.807) is 7.11 Å². The van der Waals surface area contributed by atoms with Crippen LogP contribution in [0.1, 0.15) is 50.2 Å². The lowest BCUT2D eigenvalue weighted by Crippen LogP contribution is -2.40. The van der Waals surface area contributed by atoms with Crippen molar-refractivity contribution in [2.24, 2.45) is 0 Å². The van der Waals surface area contributed by atoms with Gasteiger partial charge in [-0.2, -0.15) is 0 Å². The first-order chi connectivity index (χ1) is 15.6. The van der Waals surface area contributed by atoms with Gasteiger partial charge in [0.15, 0.2) is 11.5 Å². The summed E-state index contributed by atoms with van der Waals surface area (Å²) in [6.07, 6.45) is 9.53. The lowest BCUT2D eigenvalue weighted by molar-refractivity contribution is 0.0553. The number of nitrogens with zero attached hydrogens (tertiary/aromatic N) is 3. The number of hydrogen-bond donors (Lipinski definition) is 1. The van der Waals surface area contributed by atoms with Crippen LogP contribution in [0.15, 0.2) is 42.7 Å². The molecule has 6 nitrogen and oxygen atoms in total. The zero-order valence-corrected chi connectivity index (χ0v) is 19.9. The topological polar surface area (TPSA) is 58.1 Å². The van der Waals surface area contributed by atoms with Crippen molar-refractivity contribution in [3.8, 4) is 11.5 Å². The molecule has 1 fully saturated rings. The van der Waals surface area contributed by atoms with Gasteiger partial charge in [-0.05, 0) is 61.8 Å². The van der Waals surface area contributed by atoms with Crippen molar-refractivity contribution < 1.29 is 14.6 Å². The second-order valence-corrected chi connectivity index (χ2v) is 8.84. The van der Waals surface area contributed by atoms with Crippen LogP contribution in [0.4, 0.5) is 0 Å². The largest absolute Gasteiger partial charge is 0.493 e. The Morgan fingerprint density at radius 3 is 2.44 bits per heavy atom. The Hall–Kier alpha value is -2.15. The Kier molecular flexibility index (Phi) is 9.78. The average Bonchev–Trinajstić information content (AvgIpc) is 2.83. The van der Waals surface area contributed by atoms with E-state index in [9.17, 15) is 5.11 Å². The first-order valence-corrected chi connectivity index (χ1v) is 11.9. The van der Waals surface area contributed by atoms with Gasteiger partial charge < -0.3 is 19.5 Å². The van der Waals surface area contributed by atoms with Crippen molar-refractivity contribution in [1.29, 1.82) is 0 Å². The van der Waals surface area contributed by atoms with Crippen LogP contribution in [0.3, 0.4) is 0 Å². The summed E-state index contributed by atoms with van der Waals surface area (Å²) in [4.78, 5) is 8.75. The van der Waals surface area contributed by atoms with E-state index in [-0.39, 0.29) is 6.61 Å². The minimum atomic E-state index is -0.526. The number of aromatic nitrogens is 1. The molecule has 6 heteroatoms. The van der Waals surface area contributed by atoms with Gasteiger partial charge in [-0.25, -0.2) is 0 Å². The Balaban J connectivity index is 1.52. The van der Waals surface area contributed by atoms with E-state index in [2.05, 4.69) is 47.0 Å². The van der Waals surface area contributed by atoms with Crippen molar-refractivity contribution in [3.05, 3.63) is 53.9 Å². The molecule has 2 aromatic rings. The van der Waals surface area contributed by atoms with E-state index >= 15 is 0 Å². The molecule has 1 heterocycles. The highest BCUT2D eigenvalue weighted by atomic mass is 16.5. The van der Waals surface area contributed by atoms with Gasteiger partial charge in [-0.1, -0.05) is 32.3 Å². The zero-order valence-electron chi connectivity index (χ0n) is 19.9. The van der Waals surface area contributed by atoms with Crippen molar-refractivity contribution in [2.45, 2.75) is 64.3 Å². The summed E-state index contributed by atoms with van der Waals surface area (Å²) in [6.45, 7) is 5.71. The highest BCUT2D eigenvalue weighted by Gasteiger charge is 2.20. The van der Waals surface area contributed by atoms with Gasteiger partial charge in [0.1, 0.15) is 12.7 Å². The number of methoxy groups -OCH3 is 1. The fourth-order valence-corrected chi connectivity index (χ4v) is 4.46. The molecule has 3 rings (SSSR count). The van der Waals surface area contributed by atoms with Crippen LogP contribution in [0, 0.1) is 0 Å². The highest BCUT2D eigenvalue weighted by molar-refractivity contribution is 5.43. The third-order valence-corrected chi connectivity index (χ3v) is 6.36. The molecule has 0 radical (unpaired) electrons. The smallest absolute Gasteiger partial charge is 0.161 e. The minimum Gasteiger partial charge on any atom is -0.493 e. The Labute approximate surface area is 193 Å². The molecule has 0 amide bonds. The first kappa shape index (κ1) is 24.5. The first-order valence-electron chi connectivity index (χ1n) is 11.9. The molecule has 176 valence electrons. The van der Waals surface area contributed by atoms with E-state index in [4.69, 9.17) is 9.47 Å². The molecule has 1 aliphatic rings. The van der Waals surface area contributed by atoms with E-state index in [1.165, 1.54) is 43.2 Å². The quantitative estimate of drug-likeness (QED) is 0.535. The van der Waals surface area contributed by atoms with Crippen LogP contribution in [-0.4, -0.2) is 65.9 Å². The second kappa shape index (κ2) is 12.8. The van der Waals surface area contributed by atoms with Gasteiger partial charge in [0, 0.05) is 38.1 Å². The van der Waals surface area contributed by atoms with E-state index in [0.717, 1.165) is 19.6 Å². The second-order valence-electron chi connectivity index (χ2n) is 8.84. The van der Waals surface area contributed by atoms with Crippen LogP contribution in [0.25, 0.3) is 0 Å². The molecule has 1 aromatic heterocycles. The number of aliphatic hydroxyl groups is 1. The van der Waals surface area contributed by atoms with Crippen LogP contribution < -0.4 is 9.47 Å².